The largest absolute Gasteiger partial charge is 0.414 e. The fourth-order valence-electron chi connectivity index (χ4n) is 1.42. The van der Waals surface area contributed by atoms with Gasteiger partial charge in [0, 0.05) is 0 Å². The van der Waals surface area contributed by atoms with Gasteiger partial charge in [-0.2, -0.15) is 13.2 Å². The first-order valence-corrected chi connectivity index (χ1v) is 4.70. The van der Waals surface area contributed by atoms with Gasteiger partial charge in [-0.05, 0) is 17.9 Å². The van der Waals surface area contributed by atoms with Crippen LogP contribution in [0, 0.1) is 5.92 Å². The van der Waals surface area contributed by atoms with Crippen molar-refractivity contribution in [1.29, 1.82) is 0 Å². The molecule has 0 bridgehead atoms. The lowest BCUT2D eigenvalue weighted by atomic mass is 9.95. The first-order valence-electron chi connectivity index (χ1n) is 4.70. The summed E-state index contributed by atoms with van der Waals surface area (Å²) in [6.07, 6.45) is -6.56. The van der Waals surface area contributed by atoms with Crippen LogP contribution < -0.4 is 0 Å². The van der Waals surface area contributed by atoms with Gasteiger partial charge in [0.25, 0.3) is 0 Å². The van der Waals surface area contributed by atoms with Crippen LogP contribution in [0.4, 0.5) is 13.2 Å². The number of rotatable bonds is 3. The van der Waals surface area contributed by atoms with E-state index in [0.717, 1.165) is 5.56 Å². The first-order chi connectivity index (χ1) is 6.91. The quantitative estimate of drug-likeness (QED) is 0.827. The molecule has 15 heavy (non-hydrogen) atoms. The molecule has 0 spiro atoms. The number of aliphatic hydroxyl groups excluding tert-OH is 1. The minimum atomic E-state index is -4.53. The highest BCUT2D eigenvalue weighted by Crippen LogP contribution is 2.27. The second kappa shape index (κ2) is 4.66. The number of alkyl halides is 3. The van der Waals surface area contributed by atoms with E-state index in [-0.39, 0.29) is 6.42 Å². The monoisotopic (exact) mass is 218 g/mol. The Morgan fingerprint density at radius 3 is 2.20 bits per heavy atom. The Bertz CT molecular complexity index is 294. The lowest BCUT2D eigenvalue weighted by molar-refractivity contribution is -0.217. The average molecular weight is 218 g/mol. The van der Waals surface area contributed by atoms with Crippen molar-refractivity contribution in [3.05, 3.63) is 35.9 Å². The minimum Gasteiger partial charge on any atom is -0.383 e. The Balaban J connectivity index is 2.60. The van der Waals surface area contributed by atoms with E-state index in [9.17, 15) is 13.2 Å². The Kier molecular flexibility index (Phi) is 3.74. The normalized spacial score (nSPS) is 16.1. The summed E-state index contributed by atoms with van der Waals surface area (Å²) in [5.41, 5.74) is 0.799. The van der Waals surface area contributed by atoms with Crippen molar-refractivity contribution in [2.24, 2.45) is 5.92 Å². The molecule has 0 saturated carbocycles. The van der Waals surface area contributed by atoms with Gasteiger partial charge < -0.3 is 5.11 Å². The van der Waals surface area contributed by atoms with Crippen LogP contribution in [-0.2, 0) is 6.42 Å². The smallest absolute Gasteiger partial charge is 0.383 e. The van der Waals surface area contributed by atoms with E-state index >= 15 is 0 Å². The second-order valence-electron chi connectivity index (χ2n) is 3.65. The SMILES string of the molecule is C[C@@H](Cc1ccccc1)[C@H](O)C(F)(F)F. The third-order valence-electron chi connectivity index (χ3n) is 2.27. The van der Waals surface area contributed by atoms with Crippen LogP contribution in [0.5, 0.6) is 0 Å². The summed E-state index contributed by atoms with van der Waals surface area (Å²) in [5.74, 6) is -0.826. The zero-order valence-electron chi connectivity index (χ0n) is 8.33. The summed E-state index contributed by atoms with van der Waals surface area (Å²) in [7, 11) is 0. The van der Waals surface area contributed by atoms with E-state index in [4.69, 9.17) is 5.11 Å². The van der Waals surface area contributed by atoms with Gasteiger partial charge in [-0.1, -0.05) is 37.3 Å². The van der Waals surface area contributed by atoms with Crippen LogP contribution in [0.3, 0.4) is 0 Å². The predicted molar refractivity (Wildman–Crippen MR) is 51.4 cm³/mol. The number of halogens is 3. The summed E-state index contributed by atoms with van der Waals surface area (Å²) >= 11 is 0. The molecule has 1 aromatic carbocycles. The number of hydrogen-bond acceptors (Lipinski definition) is 1. The predicted octanol–water partition coefficient (Wildman–Crippen LogP) is 2.79. The highest BCUT2D eigenvalue weighted by molar-refractivity contribution is 5.15. The van der Waals surface area contributed by atoms with Crippen molar-refractivity contribution >= 4 is 0 Å². The second-order valence-corrected chi connectivity index (χ2v) is 3.65. The topological polar surface area (TPSA) is 20.2 Å². The molecule has 1 aromatic rings. The van der Waals surface area contributed by atoms with Gasteiger partial charge in [-0.15, -0.1) is 0 Å². The molecule has 4 heteroatoms. The first kappa shape index (κ1) is 12.0. The fraction of sp³-hybridized carbons (Fsp3) is 0.455. The molecular weight excluding hydrogens is 205 g/mol. The number of aliphatic hydroxyl groups is 1. The van der Waals surface area contributed by atoms with Crippen LogP contribution in [0.25, 0.3) is 0 Å². The third kappa shape index (κ3) is 3.55. The molecule has 0 aliphatic carbocycles. The van der Waals surface area contributed by atoms with Crippen molar-refractivity contribution in [1.82, 2.24) is 0 Å². The summed E-state index contributed by atoms with van der Waals surface area (Å²) in [6, 6.07) is 8.83. The maximum atomic E-state index is 12.2. The minimum absolute atomic E-state index is 0.224. The molecular formula is C11H13F3O. The maximum Gasteiger partial charge on any atom is 0.414 e. The number of benzene rings is 1. The van der Waals surface area contributed by atoms with Crippen molar-refractivity contribution in [2.45, 2.75) is 25.6 Å². The molecule has 1 rings (SSSR count). The molecule has 84 valence electrons. The third-order valence-corrected chi connectivity index (χ3v) is 2.27. The molecule has 2 atom stereocenters. The Hall–Kier alpha value is -1.03. The lowest BCUT2D eigenvalue weighted by Gasteiger charge is -2.21. The highest BCUT2D eigenvalue weighted by Gasteiger charge is 2.41. The summed E-state index contributed by atoms with van der Waals surface area (Å²) in [6.45, 7) is 1.39. The fourth-order valence-corrected chi connectivity index (χ4v) is 1.42. The molecule has 1 N–H and O–H groups in total. The van der Waals surface area contributed by atoms with E-state index in [1.54, 1.807) is 30.3 Å². The van der Waals surface area contributed by atoms with Gasteiger partial charge in [0.1, 0.15) is 0 Å². The zero-order chi connectivity index (χ0) is 11.5. The van der Waals surface area contributed by atoms with E-state index in [0.29, 0.717) is 0 Å². The van der Waals surface area contributed by atoms with Gasteiger partial charge in [0.15, 0.2) is 6.10 Å². The maximum absolute atomic E-state index is 12.2. The van der Waals surface area contributed by atoms with Crippen LogP contribution in [0.2, 0.25) is 0 Å². The molecule has 0 amide bonds. The Labute approximate surface area is 86.5 Å². The summed E-state index contributed by atoms with van der Waals surface area (Å²) in [5, 5.41) is 8.99. The molecule has 0 radical (unpaired) electrons. The van der Waals surface area contributed by atoms with Gasteiger partial charge in [-0.25, -0.2) is 0 Å². The van der Waals surface area contributed by atoms with Crippen LogP contribution in [0.1, 0.15) is 12.5 Å². The number of hydrogen-bond donors (Lipinski definition) is 1. The molecule has 0 fully saturated rings. The Morgan fingerprint density at radius 2 is 1.73 bits per heavy atom. The van der Waals surface area contributed by atoms with Crippen LogP contribution >= 0.6 is 0 Å². The van der Waals surface area contributed by atoms with E-state index in [2.05, 4.69) is 0 Å². The average Bonchev–Trinajstić information content (AvgIpc) is 2.16. The van der Waals surface area contributed by atoms with Gasteiger partial charge in [0.2, 0.25) is 0 Å². The molecule has 0 saturated heterocycles. The van der Waals surface area contributed by atoms with Crippen LogP contribution in [0.15, 0.2) is 30.3 Å². The Morgan fingerprint density at radius 1 is 1.20 bits per heavy atom. The van der Waals surface area contributed by atoms with Crippen molar-refractivity contribution in [3.8, 4) is 0 Å². The van der Waals surface area contributed by atoms with Crippen LogP contribution in [-0.4, -0.2) is 17.4 Å². The van der Waals surface area contributed by atoms with Gasteiger partial charge in [0.05, 0.1) is 0 Å². The van der Waals surface area contributed by atoms with Gasteiger partial charge >= 0.3 is 6.18 Å². The molecule has 0 aliphatic rings. The molecule has 0 aliphatic heterocycles. The lowest BCUT2D eigenvalue weighted by Crippen LogP contribution is -2.35. The zero-order valence-corrected chi connectivity index (χ0v) is 8.33. The van der Waals surface area contributed by atoms with Gasteiger partial charge in [-0.3, -0.25) is 0 Å². The standard InChI is InChI=1S/C11H13F3O/c1-8(10(15)11(12,13)14)7-9-5-3-2-4-6-9/h2-6,8,10,15H,7H2,1H3/t8-,10-/m0/s1. The molecule has 0 unspecified atom stereocenters. The van der Waals surface area contributed by atoms with E-state index in [1.165, 1.54) is 6.92 Å². The van der Waals surface area contributed by atoms with E-state index < -0.39 is 18.2 Å². The summed E-state index contributed by atoms with van der Waals surface area (Å²) < 4.78 is 36.5. The highest BCUT2D eigenvalue weighted by atomic mass is 19.4. The van der Waals surface area contributed by atoms with E-state index in [1.807, 2.05) is 0 Å². The molecule has 0 heterocycles. The molecule has 0 aromatic heterocycles. The van der Waals surface area contributed by atoms with Crippen molar-refractivity contribution < 1.29 is 18.3 Å². The molecule has 1 nitrogen and oxygen atoms in total. The van der Waals surface area contributed by atoms with Crippen molar-refractivity contribution in [3.63, 3.8) is 0 Å². The van der Waals surface area contributed by atoms with Crippen molar-refractivity contribution in [2.75, 3.05) is 0 Å². The summed E-state index contributed by atoms with van der Waals surface area (Å²) in [4.78, 5) is 0.